The van der Waals surface area contributed by atoms with E-state index in [0.717, 1.165) is 35.1 Å². The standard InChI is InChI=1S/C25H31Cl2N5O2/c1-15-10-21(33)23-22(15)24(30-14-29-23)31-6-8-32(9-7-31)25(34)18(13-28-12-16-2-3-16)17-4-5-19(26)20(27)11-17/h4-5,11,14-16,18,21,28,33H,2-3,6-10,12-13H2,1H3/t15-,18-,21-/m1/s1. The van der Waals surface area contributed by atoms with Gasteiger partial charge in [-0.3, -0.25) is 4.79 Å². The highest BCUT2D eigenvalue weighted by Gasteiger charge is 2.35. The zero-order valence-corrected chi connectivity index (χ0v) is 20.9. The molecule has 1 aromatic heterocycles. The lowest BCUT2D eigenvalue weighted by molar-refractivity contribution is -0.133. The number of aliphatic hydroxyl groups excluding tert-OH is 1. The van der Waals surface area contributed by atoms with Crippen LogP contribution in [0.5, 0.6) is 0 Å². The van der Waals surface area contributed by atoms with Crippen LogP contribution in [0, 0.1) is 5.92 Å². The summed E-state index contributed by atoms with van der Waals surface area (Å²) in [5.74, 6) is 1.66. The maximum atomic E-state index is 13.6. The summed E-state index contributed by atoms with van der Waals surface area (Å²) in [6, 6.07) is 5.49. The Balaban J connectivity index is 1.28. The monoisotopic (exact) mass is 503 g/mol. The van der Waals surface area contributed by atoms with Gasteiger partial charge in [0.05, 0.1) is 27.8 Å². The lowest BCUT2D eigenvalue weighted by atomic mass is 9.96. The van der Waals surface area contributed by atoms with Crippen molar-refractivity contribution in [3.05, 3.63) is 51.4 Å². The van der Waals surface area contributed by atoms with E-state index < -0.39 is 6.10 Å². The van der Waals surface area contributed by atoms with Gasteiger partial charge >= 0.3 is 0 Å². The van der Waals surface area contributed by atoms with E-state index in [0.29, 0.717) is 49.2 Å². The Kier molecular flexibility index (Phi) is 6.98. The minimum Gasteiger partial charge on any atom is -0.387 e. The third-order valence-corrected chi connectivity index (χ3v) is 8.03. The van der Waals surface area contributed by atoms with Crippen molar-refractivity contribution in [3.63, 3.8) is 0 Å². The first-order valence-electron chi connectivity index (χ1n) is 12.1. The summed E-state index contributed by atoms with van der Waals surface area (Å²) in [6.45, 7) is 6.27. The molecule has 2 fully saturated rings. The van der Waals surface area contributed by atoms with E-state index in [1.807, 2.05) is 17.0 Å². The second-order valence-electron chi connectivity index (χ2n) is 9.79. The van der Waals surface area contributed by atoms with Gasteiger partial charge in [-0.1, -0.05) is 36.2 Å². The third kappa shape index (κ3) is 4.89. The quantitative estimate of drug-likeness (QED) is 0.598. The van der Waals surface area contributed by atoms with Crippen LogP contribution in [0.4, 0.5) is 5.82 Å². The molecule has 0 unspecified atom stereocenters. The number of fused-ring (bicyclic) bond motifs is 1. The molecule has 7 nitrogen and oxygen atoms in total. The Morgan fingerprint density at radius 3 is 2.65 bits per heavy atom. The number of rotatable bonds is 7. The smallest absolute Gasteiger partial charge is 0.231 e. The predicted molar refractivity (Wildman–Crippen MR) is 134 cm³/mol. The zero-order valence-electron chi connectivity index (χ0n) is 19.4. The Morgan fingerprint density at radius 1 is 1.18 bits per heavy atom. The number of piperazine rings is 1. The molecule has 2 aliphatic carbocycles. The van der Waals surface area contributed by atoms with Crippen LogP contribution >= 0.6 is 23.2 Å². The molecule has 2 aromatic rings. The Labute approximate surface area is 210 Å². The highest BCUT2D eigenvalue weighted by atomic mass is 35.5. The fourth-order valence-electron chi connectivity index (χ4n) is 5.14. The summed E-state index contributed by atoms with van der Waals surface area (Å²) in [7, 11) is 0. The number of carbonyl (C=O) groups excluding carboxylic acids is 1. The van der Waals surface area contributed by atoms with Gasteiger partial charge in [-0.2, -0.15) is 0 Å². The molecule has 0 spiro atoms. The average molecular weight is 504 g/mol. The van der Waals surface area contributed by atoms with E-state index in [1.165, 1.54) is 12.8 Å². The zero-order chi connectivity index (χ0) is 23.8. The van der Waals surface area contributed by atoms with Gasteiger partial charge in [-0.05, 0) is 55.3 Å². The number of amides is 1. The minimum absolute atomic E-state index is 0.109. The molecule has 1 aromatic carbocycles. The molecule has 182 valence electrons. The number of carbonyl (C=O) groups is 1. The Bertz CT molecular complexity index is 1060. The summed E-state index contributed by atoms with van der Waals surface area (Å²) in [5, 5.41) is 14.8. The number of nitrogens with one attached hydrogen (secondary N) is 1. The average Bonchev–Trinajstić information content (AvgIpc) is 3.62. The fourth-order valence-corrected chi connectivity index (χ4v) is 5.45. The van der Waals surface area contributed by atoms with Gasteiger partial charge < -0.3 is 20.2 Å². The van der Waals surface area contributed by atoms with Gasteiger partial charge in [-0.25, -0.2) is 9.97 Å². The van der Waals surface area contributed by atoms with Crippen LogP contribution in [0.1, 0.15) is 60.9 Å². The van der Waals surface area contributed by atoms with Crippen molar-refractivity contribution in [2.24, 2.45) is 5.92 Å². The normalized spacial score (nSPS) is 23.2. The highest BCUT2D eigenvalue weighted by Crippen LogP contribution is 2.42. The summed E-state index contributed by atoms with van der Waals surface area (Å²) >= 11 is 12.4. The van der Waals surface area contributed by atoms with Crippen molar-refractivity contribution in [2.45, 2.75) is 44.1 Å². The maximum absolute atomic E-state index is 13.6. The molecule has 2 heterocycles. The van der Waals surface area contributed by atoms with E-state index in [-0.39, 0.29) is 17.7 Å². The Morgan fingerprint density at radius 2 is 1.94 bits per heavy atom. The van der Waals surface area contributed by atoms with E-state index in [4.69, 9.17) is 23.2 Å². The number of hydrogen-bond acceptors (Lipinski definition) is 6. The summed E-state index contributed by atoms with van der Waals surface area (Å²) in [6.07, 6.45) is 4.23. The first-order valence-corrected chi connectivity index (χ1v) is 12.9. The second kappa shape index (κ2) is 9.97. The van der Waals surface area contributed by atoms with Crippen molar-refractivity contribution in [1.82, 2.24) is 20.2 Å². The van der Waals surface area contributed by atoms with Crippen LogP contribution < -0.4 is 10.2 Å². The SMILES string of the molecule is C[C@@H]1C[C@@H](O)c2ncnc(N3CCN(C(=O)[C@H](CNCC4CC4)c4ccc(Cl)c(Cl)c4)CC3)c21. The predicted octanol–water partition coefficient (Wildman–Crippen LogP) is 3.76. The molecule has 1 amide bonds. The molecule has 3 atom stereocenters. The molecule has 1 saturated heterocycles. The number of aliphatic hydroxyl groups is 1. The number of nitrogens with zero attached hydrogens (tertiary/aromatic N) is 4. The van der Waals surface area contributed by atoms with Crippen molar-refractivity contribution in [3.8, 4) is 0 Å². The van der Waals surface area contributed by atoms with E-state index in [2.05, 4.69) is 27.1 Å². The Hall–Kier alpha value is -1.93. The largest absolute Gasteiger partial charge is 0.387 e. The lowest BCUT2D eigenvalue weighted by Gasteiger charge is -2.38. The highest BCUT2D eigenvalue weighted by molar-refractivity contribution is 6.42. The van der Waals surface area contributed by atoms with Crippen LogP contribution in [0.15, 0.2) is 24.5 Å². The molecular formula is C25H31Cl2N5O2. The molecule has 9 heteroatoms. The number of halogens is 2. The van der Waals surface area contributed by atoms with Gasteiger partial charge in [-0.15, -0.1) is 0 Å². The minimum atomic E-state index is -0.523. The number of benzene rings is 1. The fraction of sp³-hybridized carbons (Fsp3) is 0.560. The molecule has 3 aliphatic rings. The van der Waals surface area contributed by atoms with E-state index >= 15 is 0 Å². The van der Waals surface area contributed by atoms with Gasteiger partial charge in [0.15, 0.2) is 0 Å². The van der Waals surface area contributed by atoms with Gasteiger partial charge in [0.2, 0.25) is 5.91 Å². The van der Waals surface area contributed by atoms with E-state index in [1.54, 1.807) is 12.4 Å². The summed E-state index contributed by atoms with van der Waals surface area (Å²) in [5.41, 5.74) is 2.69. The summed E-state index contributed by atoms with van der Waals surface area (Å²) in [4.78, 5) is 26.7. The molecule has 5 rings (SSSR count). The van der Waals surface area contributed by atoms with Crippen LogP contribution in [0.2, 0.25) is 10.0 Å². The van der Waals surface area contributed by atoms with Crippen LogP contribution in [0.3, 0.4) is 0 Å². The second-order valence-corrected chi connectivity index (χ2v) is 10.6. The van der Waals surface area contributed by atoms with Gasteiger partial charge in [0.25, 0.3) is 0 Å². The van der Waals surface area contributed by atoms with Crippen molar-refractivity contribution >= 4 is 34.9 Å². The molecule has 0 radical (unpaired) electrons. The molecule has 1 saturated carbocycles. The molecule has 2 N–H and O–H groups in total. The van der Waals surface area contributed by atoms with Crippen molar-refractivity contribution in [1.29, 1.82) is 0 Å². The number of aromatic nitrogens is 2. The van der Waals surface area contributed by atoms with E-state index in [9.17, 15) is 9.90 Å². The van der Waals surface area contributed by atoms with Crippen LogP contribution in [-0.4, -0.2) is 65.2 Å². The number of anilines is 1. The molecule has 1 aliphatic heterocycles. The third-order valence-electron chi connectivity index (χ3n) is 7.29. The number of hydrogen-bond donors (Lipinski definition) is 2. The topological polar surface area (TPSA) is 81.6 Å². The first kappa shape index (κ1) is 23.8. The van der Waals surface area contributed by atoms with Gasteiger partial charge in [0.1, 0.15) is 12.1 Å². The van der Waals surface area contributed by atoms with Gasteiger partial charge in [0, 0.05) is 38.3 Å². The molecule has 34 heavy (non-hydrogen) atoms. The van der Waals surface area contributed by atoms with Crippen molar-refractivity contribution < 1.29 is 9.90 Å². The van der Waals surface area contributed by atoms with Crippen LogP contribution in [-0.2, 0) is 4.79 Å². The maximum Gasteiger partial charge on any atom is 0.231 e. The first-order chi connectivity index (χ1) is 16.4. The molecular weight excluding hydrogens is 473 g/mol. The van der Waals surface area contributed by atoms with Crippen LogP contribution in [0.25, 0.3) is 0 Å². The lowest BCUT2D eigenvalue weighted by Crippen LogP contribution is -2.51. The molecule has 0 bridgehead atoms. The summed E-state index contributed by atoms with van der Waals surface area (Å²) < 4.78 is 0. The van der Waals surface area contributed by atoms with Crippen molar-refractivity contribution in [2.75, 3.05) is 44.2 Å².